The highest BCUT2D eigenvalue weighted by atomic mass is 79.9. The summed E-state index contributed by atoms with van der Waals surface area (Å²) in [5, 5.41) is 19.1. The summed E-state index contributed by atoms with van der Waals surface area (Å²) in [4.78, 5) is 57.7. The van der Waals surface area contributed by atoms with Crippen molar-refractivity contribution >= 4 is 57.2 Å². The van der Waals surface area contributed by atoms with Crippen molar-refractivity contribution in [2.75, 3.05) is 31.5 Å². The number of urea groups is 1. The Morgan fingerprint density at radius 2 is 1.74 bits per heavy atom. The van der Waals surface area contributed by atoms with E-state index in [0.717, 1.165) is 0 Å². The molecule has 1 aliphatic carbocycles. The number of nitrogens with one attached hydrogen (secondary N) is 3. The molecule has 3 fully saturated rings. The van der Waals surface area contributed by atoms with Gasteiger partial charge >= 0.3 is 12.1 Å². The molecule has 0 spiro atoms. The van der Waals surface area contributed by atoms with Crippen molar-refractivity contribution in [3.8, 4) is 0 Å². The topological polar surface area (TPSA) is 158 Å². The number of aromatic nitrogens is 2. The number of fused-ring (bicyclic) bond motifs is 1. The van der Waals surface area contributed by atoms with Gasteiger partial charge in [-0.1, -0.05) is 11.6 Å². The molecule has 2 aromatic rings. The fourth-order valence-corrected chi connectivity index (χ4v) is 5.89. The summed E-state index contributed by atoms with van der Waals surface area (Å²) in [6.45, 7) is 6.46. The van der Waals surface area contributed by atoms with Gasteiger partial charge in [0.2, 0.25) is 0 Å². The third-order valence-electron chi connectivity index (χ3n) is 7.63. The maximum absolute atomic E-state index is 12.9. The van der Waals surface area contributed by atoms with E-state index in [9.17, 15) is 24.3 Å². The first kappa shape index (κ1) is 30.1. The number of imidazole rings is 1. The Morgan fingerprint density at radius 1 is 1.05 bits per heavy atom. The number of benzene rings is 1. The zero-order valence-corrected chi connectivity index (χ0v) is 25.9. The molecule has 42 heavy (non-hydrogen) atoms. The van der Waals surface area contributed by atoms with Crippen LogP contribution < -0.4 is 16.0 Å². The smallest absolute Gasteiger partial charge is 0.410 e. The van der Waals surface area contributed by atoms with Crippen LogP contribution in [0.3, 0.4) is 0 Å². The molecule has 5 rings (SSSR count). The molecule has 15 heteroatoms. The van der Waals surface area contributed by atoms with Gasteiger partial charge in [-0.15, -0.1) is 0 Å². The quantitative estimate of drug-likeness (QED) is 0.382. The molecule has 13 nitrogen and oxygen atoms in total. The number of rotatable bonds is 5. The minimum atomic E-state index is -0.896. The normalized spacial score (nSPS) is 24.7. The maximum Gasteiger partial charge on any atom is 0.410 e. The van der Waals surface area contributed by atoms with E-state index < -0.39 is 29.7 Å². The predicted octanol–water partition coefficient (Wildman–Crippen LogP) is 2.44. The minimum absolute atomic E-state index is 0.0806. The van der Waals surface area contributed by atoms with E-state index in [1.807, 2.05) is 0 Å². The van der Waals surface area contributed by atoms with Crippen LogP contribution in [0.25, 0.3) is 0 Å². The van der Waals surface area contributed by atoms with Crippen molar-refractivity contribution in [1.29, 1.82) is 0 Å². The number of amides is 5. The van der Waals surface area contributed by atoms with Crippen molar-refractivity contribution in [2.24, 2.45) is 18.9 Å². The third kappa shape index (κ3) is 6.35. The van der Waals surface area contributed by atoms with Crippen LogP contribution in [0.1, 0.15) is 41.7 Å². The summed E-state index contributed by atoms with van der Waals surface area (Å²) in [5.41, 5.74) is 0.0439. The lowest BCUT2D eigenvalue weighted by molar-refractivity contribution is 0.0269. The van der Waals surface area contributed by atoms with Crippen LogP contribution in [-0.4, -0.2) is 98.4 Å². The van der Waals surface area contributed by atoms with Crippen molar-refractivity contribution < 1.29 is 29.0 Å². The fourth-order valence-electron chi connectivity index (χ4n) is 5.35. The van der Waals surface area contributed by atoms with Gasteiger partial charge in [-0.25, -0.2) is 14.6 Å². The number of halogens is 2. The Bertz CT molecular complexity index is 1420. The number of aliphatic hydroxyl groups excluding tert-OH is 1. The second-order valence-electron chi connectivity index (χ2n) is 11.9. The van der Waals surface area contributed by atoms with Crippen LogP contribution >= 0.6 is 27.5 Å². The summed E-state index contributed by atoms with van der Waals surface area (Å²) < 4.78 is 7.61. The van der Waals surface area contributed by atoms with E-state index in [2.05, 4.69) is 36.9 Å². The molecule has 4 N–H and O–H groups in total. The number of hydrogen-bond donors (Lipinski definition) is 4. The lowest BCUT2D eigenvalue weighted by Gasteiger charge is -2.25. The van der Waals surface area contributed by atoms with Gasteiger partial charge in [-0.3, -0.25) is 9.59 Å². The van der Waals surface area contributed by atoms with Crippen LogP contribution in [0.4, 0.5) is 15.3 Å². The zero-order valence-electron chi connectivity index (χ0n) is 23.6. The number of aliphatic hydroxyl groups is 1. The Morgan fingerprint density at radius 3 is 2.33 bits per heavy atom. The number of ether oxygens (including phenoxy) is 1. The molecule has 1 unspecified atom stereocenters. The van der Waals surface area contributed by atoms with Crippen molar-refractivity contribution in [2.45, 2.75) is 44.6 Å². The summed E-state index contributed by atoms with van der Waals surface area (Å²) in [6.07, 6.45) is 0.0963. The van der Waals surface area contributed by atoms with Crippen LogP contribution in [0.15, 0.2) is 29.0 Å². The van der Waals surface area contributed by atoms with Crippen LogP contribution in [0.5, 0.6) is 0 Å². The van der Waals surface area contributed by atoms with Crippen LogP contribution in [-0.2, 0) is 11.8 Å². The van der Waals surface area contributed by atoms with E-state index >= 15 is 0 Å². The molecular formula is C27H33BrClN7O6. The Kier molecular flexibility index (Phi) is 8.16. The van der Waals surface area contributed by atoms with E-state index in [4.69, 9.17) is 16.3 Å². The van der Waals surface area contributed by atoms with Gasteiger partial charge in [-0.05, 0) is 54.9 Å². The summed E-state index contributed by atoms with van der Waals surface area (Å²) in [7, 11) is 1.70. The minimum Gasteiger partial charge on any atom is -0.444 e. The van der Waals surface area contributed by atoms with E-state index in [-0.39, 0.29) is 59.3 Å². The predicted molar refractivity (Wildman–Crippen MR) is 156 cm³/mol. The monoisotopic (exact) mass is 665 g/mol. The highest BCUT2D eigenvalue weighted by Crippen LogP contribution is 2.45. The number of carbonyl (C=O) groups is 4. The van der Waals surface area contributed by atoms with Gasteiger partial charge in [0.15, 0.2) is 5.82 Å². The van der Waals surface area contributed by atoms with Gasteiger partial charge in [-0.2, -0.15) is 0 Å². The Labute approximate surface area is 256 Å². The molecule has 3 aliphatic rings. The first-order chi connectivity index (χ1) is 19.7. The van der Waals surface area contributed by atoms with Gasteiger partial charge in [0.05, 0.1) is 35.5 Å². The number of β-amino-alcohol motifs (C(OH)–C–C–N with tert-alkyl or cyclic N) is 1. The first-order valence-electron chi connectivity index (χ1n) is 13.5. The number of likely N-dealkylation sites (tertiary alicyclic amines) is 2. The molecule has 0 bridgehead atoms. The standard InChI is InChI=1S/C27H33BrClN7O6/c1-27(2,3)42-26(41)36-11-18(19(37)12-36)32-25(40)35-9-15-16(10-35)21(15)33-23(38)14-6-5-13(7-17(14)29)31-24(39)22-30-8-20(28)34(22)4/h5-8,15-16,18-19,21,37H,9-12H2,1-4H3,(H,31,39)(H,32,40)(H,33,38)/t15-,16+,18-,19-,21?/m1/s1. The molecule has 0 radical (unpaired) electrons. The van der Waals surface area contributed by atoms with E-state index in [0.29, 0.717) is 23.4 Å². The summed E-state index contributed by atoms with van der Waals surface area (Å²) in [5.74, 6) is -0.317. The highest BCUT2D eigenvalue weighted by molar-refractivity contribution is 9.10. The molecule has 5 amide bonds. The molecule has 2 saturated heterocycles. The van der Waals surface area contributed by atoms with Crippen molar-refractivity contribution in [1.82, 2.24) is 30.0 Å². The molecule has 2 aliphatic heterocycles. The van der Waals surface area contributed by atoms with E-state index in [1.54, 1.807) is 49.4 Å². The summed E-state index contributed by atoms with van der Waals surface area (Å²) >= 11 is 9.68. The molecule has 1 saturated carbocycles. The average molecular weight is 667 g/mol. The molecule has 1 aromatic carbocycles. The Hall–Kier alpha value is -3.36. The second-order valence-corrected chi connectivity index (χ2v) is 13.1. The van der Waals surface area contributed by atoms with Crippen molar-refractivity contribution in [3.63, 3.8) is 0 Å². The fraction of sp³-hybridized carbons (Fsp3) is 0.519. The SMILES string of the molecule is Cn1c(Br)cnc1C(=O)Nc1ccc(C(=O)NC2[C@H]3CN(C(=O)N[C@@H]4CN(C(=O)OC(C)(C)C)C[C@H]4O)C[C@@H]23)c(Cl)c1. The second kappa shape index (κ2) is 11.4. The lowest BCUT2D eigenvalue weighted by Crippen LogP contribution is -2.50. The molecule has 1 aromatic heterocycles. The average Bonchev–Trinajstić information content (AvgIpc) is 3.25. The number of anilines is 1. The molecule has 226 valence electrons. The summed E-state index contributed by atoms with van der Waals surface area (Å²) in [6, 6.07) is 3.65. The van der Waals surface area contributed by atoms with Crippen LogP contribution in [0.2, 0.25) is 5.02 Å². The highest BCUT2D eigenvalue weighted by Gasteiger charge is 2.57. The number of piperidine rings is 1. The molecule has 5 atom stereocenters. The number of hydrogen-bond acceptors (Lipinski definition) is 7. The van der Waals surface area contributed by atoms with Crippen LogP contribution in [0, 0.1) is 11.8 Å². The zero-order chi connectivity index (χ0) is 30.5. The largest absolute Gasteiger partial charge is 0.444 e. The maximum atomic E-state index is 12.9. The first-order valence-corrected chi connectivity index (χ1v) is 14.7. The molecular weight excluding hydrogens is 634 g/mol. The Balaban J connectivity index is 1.08. The number of carbonyl (C=O) groups excluding carboxylic acids is 4. The van der Waals surface area contributed by atoms with Gasteiger partial charge in [0.25, 0.3) is 11.8 Å². The molecule has 3 heterocycles. The van der Waals surface area contributed by atoms with Gasteiger partial charge in [0.1, 0.15) is 10.2 Å². The number of nitrogens with zero attached hydrogens (tertiary/aromatic N) is 4. The van der Waals surface area contributed by atoms with Crippen molar-refractivity contribution in [3.05, 3.63) is 45.4 Å². The van der Waals surface area contributed by atoms with E-state index in [1.165, 1.54) is 17.2 Å². The van der Waals surface area contributed by atoms with Gasteiger partial charge < -0.3 is 40.2 Å². The lowest BCUT2D eigenvalue weighted by atomic mass is 10.2. The van der Waals surface area contributed by atoms with Gasteiger partial charge in [0, 0.05) is 50.2 Å². The third-order valence-corrected chi connectivity index (χ3v) is 8.68.